The van der Waals surface area contributed by atoms with E-state index in [1.165, 1.54) is 10.8 Å². The molecule has 2 heteroatoms. The lowest BCUT2D eigenvalue weighted by molar-refractivity contribution is 0.215. The number of rotatable bonds is 2. The Morgan fingerprint density at radius 2 is 1.86 bits per heavy atom. The van der Waals surface area contributed by atoms with Gasteiger partial charge < -0.3 is 4.84 Å². The van der Waals surface area contributed by atoms with Gasteiger partial charge in [0.15, 0.2) is 0 Å². The van der Waals surface area contributed by atoms with Crippen LogP contribution in [0.2, 0.25) is 0 Å². The highest BCUT2D eigenvalue weighted by molar-refractivity contribution is 5.99. The first-order valence-electron chi connectivity index (χ1n) is 4.46. The Kier molecular flexibility index (Phi) is 2.45. The molecule has 0 unspecified atom stereocenters. The van der Waals surface area contributed by atoms with Crippen LogP contribution in [0.5, 0.6) is 0 Å². The van der Waals surface area contributed by atoms with Crippen LogP contribution >= 0.6 is 0 Å². The Labute approximate surface area is 82.8 Å². The van der Waals surface area contributed by atoms with Crippen molar-refractivity contribution in [3.05, 3.63) is 48.0 Å². The molecule has 0 aromatic heterocycles. The van der Waals surface area contributed by atoms with Gasteiger partial charge in [-0.2, -0.15) is 0 Å². The largest absolute Gasteiger partial charge is 0.399 e. The van der Waals surface area contributed by atoms with Crippen LogP contribution in [0.3, 0.4) is 0 Å². The second-order valence-corrected chi connectivity index (χ2v) is 2.99. The van der Waals surface area contributed by atoms with Crippen molar-refractivity contribution in [1.29, 1.82) is 0 Å². The van der Waals surface area contributed by atoms with E-state index in [2.05, 4.69) is 28.2 Å². The molecule has 0 aliphatic carbocycles. The van der Waals surface area contributed by atoms with Crippen molar-refractivity contribution >= 4 is 17.0 Å². The van der Waals surface area contributed by atoms with Gasteiger partial charge in [-0.3, -0.25) is 0 Å². The van der Waals surface area contributed by atoms with Crippen LogP contribution in [0, 0.1) is 0 Å². The summed E-state index contributed by atoms with van der Waals surface area (Å²) in [6.45, 7) is 0. The average Bonchev–Trinajstić information content (AvgIpc) is 2.26. The van der Waals surface area contributed by atoms with Gasteiger partial charge in [-0.25, -0.2) is 0 Å². The molecule has 0 amide bonds. The van der Waals surface area contributed by atoms with E-state index in [1.54, 1.807) is 13.3 Å². The molecule has 14 heavy (non-hydrogen) atoms. The maximum atomic E-state index is 4.66. The first kappa shape index (κ1) is 8.75. The molecule has 2 aromatic rings. The highest BCUT2D eigenvalue weighted by Crippen LogP contribution is 2.16. The van der Waals surface area contributed by atoms with Crippen LogP contribution in [-0.4, -0.2) is 13.3 Å². The van der Waals surface area contributed by atoms with E-state index < -0.39 is 0 Å². The molecule has 0 radical (unpaired) electrons. The Balaban J connectivity index is 2.59. The molecular weight excluding hydrogens is 174 g/mol. The predicted octanol–water partition coefficient (Wildman–Crippen LogP) is 2.82. The van der Waals surface area contributed by atoms with Gasteiger partial charge in [0.1, 0.15) is 7.11 Å². The summed E-state index contributed by atoms with van der Waals surface area (Å²) < 4.78 is 0. The predicted molar refractivity (Wildman–Crippen MR) is 58.6 cm³/mol. The van der Waals surface area contributed by atoms with E-state index in [0.29, 0.717) is 0 Å². The lowest BCUT2D eigenvalue weighted by Gasteiger charge is -2.00. The summed E-state index contributed by atoms with van der Waals surface area (Å²) in [6, 6.07) is 14.3. The molecular formula is C12H11NO. The molecule has 0 aliphatic heterocycles. The van der Waals surface area contributed by atoms with Crippen molar-refractivity contribution in [1.82, 2.24) is 0 Å². The van der Waals surface area contributed by atoms with E-state index in [1.807, 2.05) is 24.3 Å². The third kappa shape index (κ3) is 1.59. The van der Waals surface area contributed by atoms with E-state index in [0.717, 1.165) is 5.56 Å². The van der Waals surface area contributed by atoms with Crippen molar-refractivity contribution in [2.24, 2.45) is 5.16 Å². The molecule has 2 rings (SSSR count). The lowest BCUT2D eigenvalue weighted by Crippen LogP contribution is -1.84. The van der Waals surface area contributed by atoms with Gasteiger partial charge in [0, 0.05) is 5.56 Å². The third-order valence-electron chi connectivity index (χ3n) is 2.12. The molecule has 70 valence electrons. The number of benzene rings is 2. The zero-order chi connectivity index (χ0) is 9.80. The van der Waals surface area contributed by atoms with Gasteiger partial charge in [0.25, 0.3) is 0 Å². The van der Waals surface area contributed by atoms with E-state index in [4.69, 9.17) is 0 Å². The maximum absolute atomic E-state index is 4.66. The SMILES string of the molecule is CON=Cc1cccc2ccccc12. The Morgan fingerprint density at radius 3 is 2.71 bits per heavy atom. The van der Waals surface area contributed by atoms with Gasteiger partial charge in [0.05, 0.1) is 6.21 Å². The van der Waals surface area contributed by atoms with Gasteiger partial charge in [0.2, 0.25) is 0 Å². The quantitative estimate of drug-likeness (QED) is 0.520. The molecule has 2 nitrogen and oxygen atoms in total. The molecule has 0 fully saturated rings. The molecule has 0 N–H and O–H groups in total. The summed E-state index contributed by atoms with van der Waals surface area (Å²) in [5, 5.41) is 6.17. The van der Waals surface area contributed by atoms with Gasteiger partial charge in [-0.05, 0) is 10.8 Å². The molecule has 0 spiro atoms. The van der Waals surface area contributed by atoms with Crippen molar-refractivity contribution in [2.75, 3.05) is 7.11 Å². The summed E-state index contributed by atoms with van der Waals surface area (Å²) in [6.07, 6.45) is 1.72. The fourth-order valence-electron chi connectivity index (χ4n) is 1.47. The van der Waals surface area contributed by atoms with Crippen molar-refractivity contribution < 1.29 is 4.84 Å². The molecule has 2 aromatic carbocycles. The summed E-state index contributed by atoms with van der Waals surface area (Å²) in [5.74, 6) is 0. The summed E-state index contributed by atoms with van der Waals surface area (Å²) >= 11 is 0. The zero-order valence-corrected chi connectivity index (χ0v) is 7.97. The number of hydrogen-bond donors (Lipinski definition) is 0. The normalized spacial score (nSPS) is 10.9. The monoisotopic (exact) mass is 185 g/mol. The first-order chi connectivity index (χ1) is 6.92. The maximum Gasteiger partial charge on any atom is 0.106 e. The Bertz CT molecular complexity index is 457. The van der Waals surface area contributed by atoms with Crippen LogP contribution in [-0.2, 0) is 4.84 Å². The number of oxime groups is 1. The highest BCUT2D eigenvalue weighted by atomic mass is 16.6. The second kappa shape index (κ2) is 3.92. The summed E-state index contributed by atoms with van der Waals surface area (Å²) in [5.41, 5.74) is 1.07. The minimum atomic E-state index is 1.07. The minimum Gasteiger partial charge on any atom is -0.399 e. The summed E-state index contributed by atoms with van der Waals surface area (Å²) in [4.78, 5) is 4.66. The average molecular weight is 185 g/mol. The van der Waals surface area contributed by atoms with Crippen molar-refractivity contribution in [3.63, 3.8) is 0 Å². The van der Waals surface area contributed by atoms with Gasteiger partial charge in [-0.1, -0.05) is 47.6 Å². The number of nitrogens with zero attached hydrogens (tertiary/aromatic N) is 1. The third-order valence-corrected chi connectivity index (χ3v) is 2.12. The van der Waals surface area contributed by atoms with Gasteiger partial charge >= 0.3 is 0 Å². The van der Waals surface area contributed by atoms with Crippen LogP contribution in [0.15, 0.2) is 47.6 Å². The Hall–Kier alpha value is -1.83. The first-order valence-corrected chi connectivity index (χ1v) is 4.46. The zero-order valence-electron chi connectivity index (χ0n) is 7.97. The lowest BCUT2D eigenvalue weighted by atomic mass is 10.1. The van der Waals surface area contributed by atoms with E-state index in [9.17, 15) is 0 Å². The number of fused-ring (bicyclic) bond motifs is 1. The standard InChI is InChI=1S/C12H11NO/c1-14-13-9-11-7-4-6-10-5-2-3-8-12(10)11/h2-9H,1H3. The molecule has 0 saturated carbocycles. The van der Waals surface area contributed by atoms with Crippen LogP contribution in [0.25, 0.3) is 10.8 Å². The molecule has 0 atom stereocenters. The molecule has 0 bridgehead atoms. The fraction of sp³-hybridized carbons (Fsp3) is 0.0833. The highest BCUT2D eigenvalue weighted by Gasteiger charge is 1.96. The van der Waals surface area contributed by atoms with Crippen LogP contribution in [0.4, 0.5) is 0 Å². The number of hydrogen-bond acceptors (Lipinski definition) is 2. The van der Waals surface area contributed by atoms with E-state index in [-0.39, 0.29) is 0 Å². The molecule has 0 aliphatic rings. The van der Waals surface area contributed by atoms with Crippen molar-refractivity contribution in [3.8, 4) is 0 Å². The van der Waals surface area contributed by atoms with Gasteiger partial charge in [-0.15, -0.1) is 0 Å². The second-order valence-electron chi connectivity index (χ2n) is 2.99. The molecule has 0 heterocycles. The van der Waals surface area contributed by atoms with Crippen LogP contribution < -0.4 is 0 Å². The topological polar surface area (TPSA) is 21.6 Å². The smallest absolute Gasteiger partial charge is 0.106 e. The minimum absolute atomic E-state index is 1.07. The van der Waals surface area contributed by atoms with Crippen LogP contribution in [0.1, 0.15) is 5.56 Å². The Morgan fingerprint density at radius 1 is 1.07 bits per heavy atom. The molecule has 0 saturated heterocycles. The summed E-state index contributed by atoms with van der Waals surface area (Å²) in [7, 11) is 1.54. The van der Waals surface area contributed by atoms with E-state index >= 15 is 0 Å². The van der Waals surface area contributed by atoms with Crippen molar-refractivity contribution in [2.45, 2.75) is 0 Å². The fourth-order valence-corrected chi connectivity index (χ4v) is 1.47.